The van der Waals surface area contributed by atoms with Crippen LogP contribution in [0, 0.1) is 0 Å². The number of nitrogens with two attached hydrogens (primary N) is 2. The topological polar surface area (TPSA) is 113 Å². The largest absolute Gasteiger partial charge is 0.396 e. The Morgan fingerprint density at radius 3 is 2.79 bits per heavy atom. The van der Waals surface area contributed by atoms with Crippen molar-refractivity contribution >= 4 is 33.5 Å². The van der Waals surface area contributed by atoms with E-state index in [9.17, 15) is 4.79 Å². The van der Waals surface area contributed by atoms with Crippen molar-refractivity contribution in [1.29, 1.82) is 0 Å². The summed E-state index contributed by atoms with van der Waals surface area (Å²) in [5.74, 6) is -0.692. The number of hydrogen-bond donors (Lipinski definition) is 2. The van der Waals surface area contributed by atoms with Gasteiger partial charge in [0.2, 0.25) is 0 Å². The van der Waals surface area contributed by atoms with Crippen LogP contribution in [0.3, 0.4) is 0 Å². The van der Waals surface area contributed by atoms with Gasteiger partial charge in [0.1, 0.15) is 5.52 Å². The summed E-state index contributed by atoms with van der Waals surface area (Å²) in [6.45, 7) is 0. The fourth-order valence-corrected chi connectivity index (χ4v) is 2.87. The van der Waals surface area contributed by atoms with E-state index >= 15 is 0 Å². The zero-order chi connectivity index (χ0) is 16.8. The van der Waals surface area contributed by atoms with Gasteiger partial charge in [-0.25, -0.2) is 4.98 Å². The van der Waals surface area contributed by atoms with E-state index < -0.39 is 5.91 Å². The van der Waals surface area contributed by atoms with Crippen LogP contribution in [-0.2, 0) is 7.05 Å². The molecule has 7 nitrogen and oxygen atoms in total. The predicted octanol–water partition coefficient (Wildman–Crippen LogP) is 1.86. The van der Waals surface area contributed by atoms with E-state index in [4.69, 9.17) is 11.5 Å². The standard InChI is InChI=1S/C17H14N6O/c1-23-8-20-12-7-9(5-6-13(12)23)10-3-2-4-11-14(18)16(17(19)24)22-21-15(10)11/h2-8H,1H3,(H2,18,21)(H2,19,24). The van der Waals surface area contributed by atoms with Gasteiger partial charge in [0.05, 0.1) is 23.0 Å². The van der Waals surface area contributed by atoms with Crippen LogP contribution < -0.4 is 11.5 Å². The summed E-state index contributed by atoms with van der Waals surface area (Å²) in [5.41, 5.74) is 15.9. The van der Waals surface area contributed by atoms with Gasteiger partial charge in [0.25, 0.3) is 5.91 Å². The molecule has 0 aliphatic rings. The van der Waals surface area contributed by atoms with Crippen LogP contribution in [0.5, 0.6) is 0 Å². The molecule has 0 aliphatic heterocycles. The molecule has 4 rings (SSSR count). The molecular formula is C17H14N6O. The molecule has 0 radical (unpaired) electrons. The van der Waals surface area contributed by atoms with Crippen molar-refractivity contribution in [1.82, 2.24) is 19.7 Å². The molecule has 0 fully saturated rings. The average Bonchev–Trinajstić information content (AvgIpc) is 2.95. The van der Waals surface area contributed by atoms with E-state index in [-0.39, 0.29) is 11.4 Å². The van der Waals surface area contributed by atoms with Gasteiger partial charge >= 0.3 is 0 Å². The highest BCUT2D eigenvalue weighted by molar-refractivity contribution is 6.07. The Balaban J connectivity index is 1.98. The minimum Gasteiger partial charge on any atom is -0.396 e. The molecule has 0 saturated carbocycles. The second-order valence-electron chi connectivity index (χ2n) is 5.59. The third-order valence-corrected chi connectivity index (χ3v) is 4.10. The summed E-state index contributed by atoms with van der Waals surface area (Å²) in [5, 5.41) is 8.71. The molecule has 0 unspecified atom stereocenters. The lowest BCUT2D eigenvalue weighted by atomic mass is 10.0. The maximum Gasteiger partial charge on any atom is 0.271 e. The second kappa shape index (κ2) is 5.02. The lowest BCUT2D eigenvalue weighted by molar-refractivity contribution is 0.0996. The number of primary amides is 1. The fraction of sp³-hybridized carbons (Fsp3) is 0.0588. The highest BCUT2D eigenvalue weighted by Gasteiger charge is 2.15. The first-order valence-electron chi connectivity index (χ1n) is 7.32. The van der Waals surface area contributed by atoms with E-state index in [0.717, 1.165) is 22.2 Å². The maximum atomic E-state index is 11.4. The van der Waals surface area contributed by atoms with Crippen LogP contribution in [-0.4, -0.2) is 25.7 Å². The second-order valence-corrected chi connectivity index (χ2v) is 5.59. The number of imidazole rings is 1. The quantitative estimate of drug-likeness (QED) is 0.586. The summed E-state index contributed by atoms with van der Waals surface area (Å²) in [4.78, 5) is 15.8. The molecule has 118 valence electrons. The zero-order valence-corrected chi connectivity index (χ0v) is 12.9. The number of hydrogen-bond acceptors (Lipinski definition) is 5. The normalized spacial score (nSPS) is 11.2. The Morgan fingerprint density at radius 2 is 2.00 bits per heavy atom. The zero-order valence-electron chi connectivity index (χ0n) is 12.9. The molecule has 4 N–H and O–H groups in total. The number of anilines is 1. The molecule has 1 amide bonds. The molecule has 2 aromatic carbocycles. The number of carbonyl (C=O) groups is 1. The van der Waals surface area contributed by atoms with Gasteiger partial charge in [-0.1, -0.05) is 24.3 Å². The number of amides is 1. The molecule has 7 heteroatoms. The van der Waals surface area contributed by atoms with Gasteiger partial charge in [0, 0.05) is 18.0 Å². The molecule has 0 spiro atoms. The monoisotopic (exact) mass is 318 g/mol. The van der Waals surface area contributed by atoms with Gasteiger partial charge in [-0.2, -0.15) is 0 Å². The van der Waals surface area contributed by atoms with Crippen molar-refractivity contribution in [2.75, 3.05) is 5.73 Å². The summed E-state index contributed by atoms with van der Waals surface area (Å²) in [6, 6.07) is 11.6. The number of aromatic nitrogens is 4. The maximum absolute atomic E-state index is 11.4. The minimum absolute atomic E-state index is 0.0140. The lowest BCUT2D eigenvalue weighted by Gasteiger charge is -2.09. The Kier molecular flexibility index (Phi) is 2.96. The molecular weight excluding hydrogens is 304 g/mol. The third kappa shape index (κ3) is 1.98. The number of aryl methyl sites for hydroxylation is 1. The lowest BCUT2D eigenvalue weighted by Crippen LogP contribution is -2.16. The summed E-state index contributed by atoms with van der Waals surface area (Å²) < 4.78 is 1.96. The Hall–Kier alpha value is -3.48. The molecule has 2 aromatic heterocycles. The van der Waals surface area contributed by atoms with Crippen molar-refractivity contribution < 1.29 is 4.79 Å². The first kappa shape index (κ1) is 14.1. The molecule has 0 bridgehead atoms. The van der Waals surface area contributed by atoms with Gasteiger partial charge in [-0.05, 0) is 17.7 Å². The van der Waals surface area contributed by atoms with E-state index in [1.807, 2.05) is 41.9 Å². The van der Waals surface area contributed by atoms with Gasteiger partial charge in [-0.3, -0.25) is 4.79 Å². The number of nitrogens with zero attached hydrogens (tertiary/aromatic N) is 4. The number of nitrogen functional groups attached to an aromatic ring is 1. The van der Waals surface area contributed by atoms with Crippen LogP contribution in [0.2, 0.25) is 0 Å². The molecule has 0 atom stereocenters. The van der Waals surface area contributed by atoms with Crippen LogP contribution >= 0.6 is 0 Å². The Labute approximate surface area is 136 Å². The van der Waals surface area contributed by atoms with Gasteiger partial charge < -0.3 is 16.0 Å². The average molecular weight is 318 g/mol. The summed E-state index contributed by atoms with van der Waals surface area (Å²) >= 11 is 0. The van der Waals surface area contributed by atoms with Gasteiger partial charge in [0.15, 0.2) is 5.69 Å². The Morgan fingerprint density at radius 1 is 1.17 bits per heavy atom. The molecule has 0 aliphatic carbocycles. The van der Waals surface area contributed by atoms with Crippen molar-refractivity contribution in [3.05, 3.63) is 48.4 Å². The Bertz CT molecular complexity index is 1110. The number of carbonyl (C=O) groups excluding carboxylic acids is 1. The smallest absolute Gasteiger partial charge is 0.271 e. The van der Waals surface area contributed by atoms with Crippen molar-refractivity contribution in [2.45, 2.75) is 0 Å². The van der Waals surface area contributed by atoms with Crippen LogP contribution in [0.25, 0.3) is 33.1 Å². The van der Waals surface area contributed by atoms with E-state index in [1.165, 1.54) is 0 Å². The first-order chi connectivity index (χ1) is 11.6. The van der Waals surface area contributed by atoms with Crippen LogP contribution in [0.1, 0.15) is 10.5 Å². The molecule has 4 aromatic rings. The van der Waals surface area contributed by atoms with E-state index in [1.54, 1.807) is 12.4 Å². The number of rotatable bonds is 2. The minimum atomic E-state index is -0.692. The predicted molar refractivity (Wildman–Crippen MR) is 92.2 cm³/mol. The number of benzene rings is 2. The summed E-state index contributed by atoms with van der Waals surface area (Å²) in [7, 11) is 1.95. The van der Waals surface area contributed by atoms with E-state index in [2.05, 4.69) is 15.2 Å². The highest BCUT2D eigenvalue weighted by Crippen LogP contribution is 2.31. The number of fused-ring (bicyclic) bond motifs is 2. The molecule has 24 heavy (non-hydrogen) atoms. The molecule has 0 saturated heterocycles. The van der Waals surface area contributed by atoms with Crippen LogP contribution in [0.15, 0.2) is 42.7 Å². The SMILES string of the molecule is Cn1cnc2cc(-c3cccc4c(N)c(C(N)=O)nnc34)ccc21. The van der Waals surface area contributed by atoms with Crippen molar-refractivity contribution in [3.63, 3.8) is 0 Å². The third-order valence-electron chi connectivity index (χ3n) is 4.10. The van der Waals surface area contributed by atoms with Crippen molar-refractivity contribution in [3.8, 4) is 11.1 Å². The van der Waals surface area contributed by atoms with Crippen LogP contribution in [0.4, 0.5) is 5.69 Å². The first-order valence-corrected chi connectivity index (χ1v) is 7.32. The van der Waals surface area contributed by atoms with Gasteiger partial charge in [-0.15, -0.1) is 10.2 Å². The van der Waals surface area contributed by atoms with Crippen molar-refractivity contribution in [2.24, 2.45) is 12.8 Å². The van der Waals surface area contributed by atoms with E-state index in [0.29, 0.717) is 10.9 Å². The molecule has 2 heterocycles. The summed E-state index contributed by atoms with van der Waals surface area (Å²) in [6.07, 6.45) is 1.77. The highest BCUT2D eigenvalue weighted by atomic mass is 16.1. The fourth-order valence-electron chi connectivity index (χ4n) is 2.87.